The lowest BCUT2D eigenvalue weighted by Crippen LogP contribution is -2.25. The summed E-state index contributed by atoms with van der Waals surface area (Å²) in [5.74, 6) is 0.00913. The van der Waals surface area contributed by atoms with Crippen molar-refractivity contribution in [2.24, 2.45) is 0 Å². The van der Waals surface area contributed by atoms with Crippen LogP contribution in [0.4, 0.5) is 5.69 Å². The van der Waals surface area contributed by atoms with Gasteiger partial charge in [0.15, 0.2) is 0 Å². The summed E-state index contributed by atoms with van der Waals surface area (Å²) in [6.45, 7) is 10.3. The van der Waals surface area contributed by atoms with Gasteiger partial charge in [-0.05, 0) is 34.1 Å². The quantitative estimate of drug-likeness (QED) is 0.665. The van der Waals surface area contributed by atoms with E-state index >= 15 is 0 Å². The van der Waals surface area contributed by atoms with E-state index in [1.54, 1.807) is 0 Å². The second-order valence-corrected chi connectivity index (χ2v) is 6.37. The molecular formula is C13H23N3O2S. The molecule has 108 valence electrons. The number of rotatable bonds is 5. The summed E-state index contributed by atoms with van der Waals surface area (Å²) in [6.07, 6.45) is 0.973. The lowest BCUT2D eigenvalue weighted by molar-refractivity contribution is -0.151. The highest BCUT2D eigenvalue weighted by Crippen LogP contribution is 2.28. The largest absolute Gasteiger partial charge is 0.459 e. The molecule has 0 unspecified atom stereocenters. The van der Waals surface area contributed by atoms with E-state index in [1.807, 2.05) is 32.4 Å². The van der Waals surface area contributed by atoms with E-state index < -0.39 is 5.60 Å². The monoisotopic (exact) mass is 285 g/mol. The number of esters is 1. The van der Waals surface area contributed by atoms with Crippen molar-refractivity contribution < 1.29 is 9.53 Å². The molecule has 1 rings (SSSR count). The number of hydrogen-bond donors (Lipinski definition) is 1. The Bertz CT molecular complexity index is 449. The summed E-state index contributed by atoms with van der Waals surface area (Å²) in [6, 6.07) is 0. The Labute approximate surface area is 118 Å². The number of nitrogen functional groups attached to an aromatic ring is 1. The normalized spacial score (nSPS) is 11.6. The van der Waals surface area contributed by atoms with Gasteiger partial charge in [0, 0.05) is 6.54 Å². The van der Waals surface area contributed by atoms with Crippen LogP contribution in [0, 0.1) is 6.92 Å². The Kier molecular flexibility index (Phi) is 5.29. The number of nitrogens with zero attached hydrogens (tertiary/aromatic N) is 2. The molecule has 0 amide bonds. The molecule has 0 aliphatic rings. The number of aromatic nitrogens is 2. The minimum atomic E-state index is -0.456. The van der Waals surface area contributed by atoms with Crippen LogP contribution < -0.4 is 5.73 Å². The standard InChI is InChI=1S/C13H23N3O2S/c1-6-7-16-12(11(14)9(2)15-16)19-8-10(17)18-13(3,4)5/h6-8,14H2,1-5H3. The fraction of sp³-hybridized carbons (Fsp3) is 0.692. The van der Waals surface area contributed by atoms with E-state index in [0.29, 0.717) is 5.69 Å². The van der Waals surface area contributed by atoms with Gasteiger partial charge in [-0.3, -0.25) is 9.48 Å². The summed E-state index contributed by atoms with van der Waals surface area (Å²) in [4.78, 5) is 11.7. The number of hydrogen-bond acceptors (Lipinski definition) is 5. The molecule has 0 saturated heterocycles. The van der Waals surface area contributed by atoms with E-state index in [0.717, 1.165) is 23.7 Å². The van der Waals surface area contributed by atoms with E-state index in [4.69, 9.17) is 10.5 Å². The third-order valence-corrected chi connectivity index (χ3v) is 3.39. The van der Waals surface area contributed by atoms with E-state index in [9.17, 15) is 4.79 Å². The third-order valence-electron chi connectivity index (χ3n) is 2.31. The zero-order valence-electron chi connectivity index (χ0n) is 12.3. The van der Waals surface area contributed by atoms with Gasteiger partial charge in [0.25, 0.3) is 0 Å². The van der Waals surface area contributed by atoms with E-state index in [2.05, 4.69) is 12.0 Å². The third kappa shape index (κ3) is 4.78. The fourth-order valence-electron chi connectivity index (χ4n) is 1.59. The van der Waals surface area contributed by atoms with Crippen molar-refractivity contribution in [3.8, 4) is 0 Å². The molecule has 2 N–H and O–H groups in total. The molecule has 0 aliphatic carbocycles. The molecule has 19 heavy (non-hydrogen) atoms. The first-order valence-corrected chi connectivity index (χ1v) is 7.40. The Balaban J connectivity index is 2.69. The van der Waals surface area contributed by atoms with Gasteiger partial charge in [-0.1, -0.05) is 18.7 Å². The Morgan fingerprint density at radius 1 is 1.47 bits per heavy atom. The minimum absolute atomic E-state index is 0.237. The van der Waals surface area contributed by atoms with Crippen LogP contribution in [0.25, 0.3) is 0 Å². The van der Waals surface area contributed by atoms with Crippen molar-refractivity contribution in [2.75, 3.05) is 11.5 Å². The minimum Gasteiger partial charge on any atom is -0.459 e. The first kappa shape index (κ1) is 15.9. The molecule has 0 spiro atoms. The van der Waals surface area contributed by atoms with Crippen LogP contribution in [0.5, 0.6) is 0 Å². The molecule has 0 saturated carbocycles. The van der Waals surface area contributed by atoms with Crippen LogP contribution in [0.3, 0.4) is 0 Å². The molecule has 1 aromatic heterocycles. The summed E-state index contributed by atoms with van der Waals surface area (Å²) in [7, 11) is 0. The summed E-state index contributed by atoms with van der Waals surface area (Å²) < 4.78 is 7.14. The van der Waals surface area contributed by atoms with Crippen LogP contribution >= 0.6 is 11.8 Å². The Hall–Kier alpha value is -1.17. The predicted molar refractivity (Wildman–Crippen MR) is 78.2 cm³/mol. The van der Waals surface area contributed by atoms with Gasteiger partial charge >= 0.3 is 5.97 Å². The number of thioether (sulfide) groups is 1. The van der Waals surface area contributed by atoms with Crippen molar-refractivity contribution >= 4 is 23.4 Å². The number of carbonyl (C=O) groups excluding carboxylic acids is 1. The van der Waals surface area contributed by atoms with Crippen LogP contribution in [-0.4, -0.2) is 27.1 Å². The van der Waals surface area contributed by atoms with E-state index in [1.165, 1.54) is 11.8 Å². The summed E-state index contributed by atoms with van der Waals surface area (Å²) in [5.41, 5.74) is 7.00. The van der Waals surface area contributed by atoms with Gasteiger partial charge in [-0.15, -0.1) is 0 Å². The van der Waals surface area contributed by atoms with Gasteiger partial charge in [-0.2, -0.15) is 5.10 Å². The molecule has 0 bridgehead atoms. The summed E-state index contributed by atoms with van der Waals surface area (Å²) in [5, 5.41) is 5.22. The first-order chi connectivity index (χ1) is 8.74. The van der Waals surface area contributed by atoms with Crippen molar-refractivity contribution in [1.82, 2.24) is 9.78 Å². The molecule has 6 heteroatoms. The van der Waals surface area contributed by atoms with Gasteiger partial charge in [-0.25, -0.2) is 0 Å². The Morgan fingerprint density at radius 2 is 2.11 bits per heavy atom. The van der Waals surface area contributed by atoms with Gasteiger partial charge in [0.1, 0.15) is 10.6 Å². The highest BCUT2D eigenvalue weighted by Gasteiger charge is 2.19. The summed E-state index contributed by atoms with van der Waals surface area (Å²) >= 11 is 1.38. The zero-order chi connectivity index (χ0) is 14.6. The smallest absolute Gasteiger partial charge is 0.316 e. The lowest BCUT2D eigenvalue weighted by Gasteiger charge is -2.19. The number of anilines is 1. The van der Waals surface area contributed by atoms with Crippen molar-refractivity contribution in [3.05, 3.63) is 5.69 Å². The zero-order valence-corrected chi connectivity index (χ0v) is 13.1. The van der Waals surface area contributed by atoms with Crippen LogP contribution in [0.15, 0.2) is 5.03 Å². The van der Waals surface area contributed by atoms with Crippen LogP contribution in [0.1, 0.15) is 39.8 Å². The predicted octanol–water partition coefficient (Wildman–Crippen LogP) is 2.62. The second kappa shape index (κ2) is 6.32. The van der Waals surface area contributed by atoms with Crippen molar-refractivity contribution in [3.63, 3.8) is 0 Å². The topological polar surface area (TPSA) is 70.1 Å². The highest BCUT2D eigenvalue weighted by molar-refractivity contribution is 8.00. The van der Waals surface area contributed by atoms with Crippen LogP contribution in [0.2, 0.25) is 0 Å². The lowest BCUT2D eigenvalue weighted by atomic mass is 10.2. The molecule has 0 atom stereocenters. The maximum atomic E-state index is 11.7. The molecule has 1 aromatic rings. The molecule has 0 aromatic carbocycles. The molecule has 0 fully saturated rings. The average Bonchev–Trinajstić information content (AvgIpc) is 2.51. The van der Waals surface area contributed by atoms with Gasteiger partial charge < -0.3 is 10.5 Å². The first-order valence-electron chi connectivity index (χ1n) is 6.42. The number of nitrogens with two attached hydrogens (primary N) is 1. The van der Waals surface area contributed by atoms with Crippen molar-refractivity contribution in [2.45, 2.75) is 58.2 Å². The SMILES string of the molecule is CCCn1nc(C)c(N)c1SCC(=O)OC(C)(C)C. The molecule has 5 nitrogen and oxygen atoms in total. The Morgan fingerprint density at radius 3 is 2.63 bits per heavy atom. The number of ether oxygens (including phenoxy) is 1. The van der Waals surface area contributed by atoms with Crippen molar-refractivity contribution in [1.29, 1.82) is 0 Å². The van der Waals surface area contributed by atoms with Crippen LogP contribution in [-0.2, 0) is 16.1 Å². The maximum Gasteiger partial charge on any atom is 0.316 e. The maximum absolute atomic E-state index is 11.7. The van der Waals surface area contributed by atoms with Gasteiger partial charge in [0.2, 0.25) is 0 Å². The molecule has 1 heterocycles. The highest BCUT2D eigenvalue weighted by atomic mass is 32.2. The van der Waals surface area contributed by atoms with E-state index in [-0.39, 0.29) is 11.7 Å². The molecular weight excluding hydrogens is 262 g/mol. The molecule has 0 aliphatic heterocycles. The second-order valence-electron chi connectivity index (χ2n) is 5.40. The fourth-order valence-corrected chi connectivity index (χ4v) is 2.49. The van der Waals surface area contributed by atoms with Gasteiger partial charge in [0.05, 0.1) is 17.1 Å². The number of carbonyl (C=O) groups is 1. The molecule has 0 radical (unpaired) electrons. The average molecular weight is 285 g/mol. The number of aryl methyl sites for hydroxylation is 2.